The van der Waals surface area contributed by atoms with Crippen molar-refractivity contribution in [3.05, 3.63) is 0 Å². The summed E-state index contributed by atoms with van der Waals surface area (Å²) < 4.78 is 5.37. The van der Waals surface area contributed by atoms with Gasteiger partial charge in [-0.3, -0.25) is 9.59 Å². The molecule has 0 aromatic rings. The number of guanidine groups is 1. The van der Waals surface area contributed by atoms with Crippen molar-refractivity contribution >= 4 is 17.8 Å². The molecule has 0 aliphatic carbocycles. The minimum atomic E-state index is -0.341. The molecule has 0 aromatic carbocycles. The second-order valence-corrected chi connectivity index (χ2v) is 6.39. The van der Waals surface area contributed by atoms with Crippen molar-refractivity contribution in [1.82, 2.24) is 4.90 Å². The molecule has 0 bridgehead atoms. The number of carbonyl (C=O) groups is 2. The molecule has 0 aromatic heterocycles. The number of cyclic esters (lactones) is 1. The summed E-state index contributed by atoms with van der Waals surface area (Å²) in [7, 11) is 1.64. The van der Waals surface area contributed by atoms with E-state index in [0.29, 0.717) is 6.42 Å². The number of carbonyl (C=O) groups excluding carboxylic acids is 2. The lowest BCUT2D eigenvalue weighted by molar-refractivity contribution is -0.148. The Kier molecular flexibility index (Phi) is 9.33. The van der Waals surface area contributed by atoms with Crippen LogP contribution in [0.15, 0.2) is 4.99 Å². The largest absolute Gasteiger partial charge is 0.461 e. The fourth-order valence-electron chi connectivity index (χ4n) is 2.63. The molecule has 0 saturated carbocycles. The molecule has 1 amide bonds. The fourth-order valence-corrected chi connectivity index (χ4v) is 2.63. The lowest BCUT2D eigenvalue weighted by Gasteiger charge is -2.19. The average molecular weight is 325 g/mol. The van der Waals surface area contributed by atoms with Crippen LogP contribution in [0.2, 0.25) is 0 Å². The third kappa shape index (κ3) is 9.21. The first-order valence-corrected chi connectivity index (χ1v) is 8.76. The monoisotopic (exact) mass is 325 g/mol. The van der Waals surface area contributed by atoms with Gasteiger partial charge < -0.3 is 15.4 Å². The lowest BCUT2D eigenvalue weighted by Crippen LogP contribution is -2.39. The van der Waals surface area contributed by atoms with E-state index in [-0.39, 0.29) is 30.5 Å². The van der Waals surface area contributed by atoms with Crippen molar-refractivity contribution in [2.45, 2.75) is 77.2 Å². The third-order valence-electron chi connectivity index (χ3n) is 4.08. The highest BCUT2D eigenvalue weighted by Gasteiger charge is 2.14. The number of ether oxygens (including phenoxy) is 1. The number of rotatable bonds is 0. The second-order valence-electron chi connectivity index (χ2n) is 6.39. The van der Waals surface area contributed by atoms with Crippen molar-refractivity contribution in [2.75, 3.05) is 13.6 Å². The summed E-state index contributed by atoms with van der Waals surface area (Å²) >= 11 is 0. The van der Waals surface area contributed by atoms with Crippen LogP contribution in [0.25, 0.3) is 0 Å². The minimum Gasteiger partial charge on any atom is -0.461 e. The molecule has 0 spiro atoms. The Labute approximate surface area is 139 Å². The third-order valence-corrected chi connectivity index (χ3v) is 4.08. The quantitative estimate of drug-likeness (QED) is 0.692. The van der Waals surface area contributed by atoms with Crippen LogP contribution in [0.3, 0.4) is 0 Å². The van der Waals surface area contributed by atoms with Gasteiger partial charge in [0.2, 0.25) is 5.91 Å². The highest BCUT2D eigenvalue weighted by molar-refractivity contribution is 5.93. The van der Waals surface area contributed by atoms with E-state index in [9.17, 15) is 9.59 Å². The summed E-state index contributed by atoms with van der Waals surface area (Å²) in [5.74, 6) is -0.496. The van der Waals surface area contributed by atoms with Gasteiger partial charge in [0, 0.05) is 13.5 Å². The van der Waals surface area contributed by atoms with E-state index in [0.717, 1.165) is 25.7 Å². The Morgan fingerprint density at radius 2 is 1.61 bits per heavy atom. The van der Waals surface area contributed by atoms with Crippen molar-refractivity contribution in [3.8, 4) is 0 Å². The van der Waals surface area contributed by atoms with Crippen LogP contribution in [0.4, 0.5) is 0 Å². The Balaban J connectivity index is 2.57. The van der Waals surface area contributed by atoms with Gasteiger partial charge in [0.1, 0.15) is 6.54 Å². The lowest BCUT2D eigenvalue weighted by atomic mass is 10.1. The first-order chi connectivity index (χ1) is 11.0. The van der Waals surface area contributed by atoms with Crippen LogP contribution in [-0.4, -0.2) is 42.4 Å². The van der Waals surface area contributed by atoms with Gasteiger partial charge in [0.15, 0.2) is 5.96 Å². The van der Waals surface area contributed by atoms with E-state index in [1.165, 1.54) is 37.0 Å². The molecule has 1 atom stereocenters. The standard InChI is InChI=1S/C17H31N3O3/c1-14-11-9-7-5-3-4-6-8-10-12-15(21)19-17(18)20(2)13-16(22)23-14/h14H,3-13H2,1-2H3,(H2,18,19,21)/t14-/m0/s1. The van der Waals surface area contributed by atoms with Gasteiger partial charge in [-0.15, -0.1) is 0 Å². The second kappa shape index (κ2) is 11.0. The summed E-state index contributed by atoms with van der Waals surface area (Å²) in [6.45, 7) is 1.92. The first-order valence-electron chi connectivity index (χ1n) is 8.76. The van der Waals surface area contributed by atoms with E-state index >= 15 is 0 Å². The van der Waals surface area contributed by atoms with Crippen molar-refractivity contribution < 1.29 is 14.3 Å². The maximum atomic E-state index is 11.9. The summed E-state index contributed by atoms with van der Waals surface area (Å²) in [4.78, 5) is 28.9. The van der Waals surface area contributed by atoms with Gasteiger partial charge in [-0.2, -0.15) is 4.99 Å². The van der Waals surface area contributed by atoms with Gasteiger partial charge in [0.05, 0.1) is 6.10 Å². The van der Waals surface area contributed by atoms with E-state index in [1.54, 1.807) is 7.05 Å². The predicted octanol–water partition coefficient (Wildman–Crippen LogP) is 2.61. The van der Waals surface area contributed by atoms with Crippen LogP contribution >= 0.6 is 0 Å². The van der Waals surface area contributed by atoms with E-state index in [2.05, 4.69) is 4.99 Å². The van der Waals surface area contributed by atoms with Gasteiger partial charge in [0.25, 0.3) is 0 Å². The Morgan fingerprint density at radius 3 is 2.26 bits per heavy atom. The van der Waals surface area contributed by atoms with Gasteiger partial charge in [-0.05, 0) is 26.2 Å². The van der Waals surface area contributed by atoms with Crippen LogP contribution in [0.5, 0.6) is 0 Å². The molecular weight excluding hydrogens is 294 g/mol. The van der Waals surface area contributed by atoms with Crippen LogP contribution in [0.1, 0.15) is 71.1 Å². The minimum absolute atomic E-state index is 0.00690. The summed E-state index contributed by atoms with van der Waals surface area (Å²) in [5.41, 5.74) is 5.76. The highest BCUT2D eigenvalue weighted by atomic mass is 16.5. The number of hydrogen-bond acceptors (Lipinski definition) is 5. The van der Waals surface area contributed by atoms with Crippen LogP contribution < -0.4 is 5.73 Å². The molecule has 1 aliphatic heterocycles. The Bertz CT molecular complexity index is 410. The summed E-state index contributed by atoms with van der Waals surface area (Å²) in [6.07, 6.45) is 10.2. The number of hydrogen-bond donors (Lipinski definition) is 1. The van der Waals surface area contributed by atoms with E-state index in [4.69, 9.17) is 10.5 Å². The smallest absolute Gasteiger partial charge is 0.325 e. The van der Waals surface area contributed by atoms with Gasteiger partial charge >= 0.3 is 5.97 Å². The van der Waals surface area contributed by atoms with E-state index < -0.39 is 0 Å². The molecule has 0 saturated heterocycles. The molecule has 0 fully saturated rings. The van der Waals surface area contributed by atoms with Gasteiger partial charge in [-0.25, -0.2) is 0 Å². The zero-order valence-electron chi connectivity index (χ0n) is 14.6. The van der Waals surface area contributed by atoms with Gasteiger partial charge in [-0.1, -0.05) is 38.5 Å². The molecular formula is C17H31N3O3. The first kappa shape index (κ1) is 19.5. The normalized spacial score (nSPS) is 24.3. The molecule has 0 radical (unpaired) electrons. The topological polar surface area (TPSA) is 85.0 Å². The van der Waals surface area contributed by atoms with Crippen LogP contribution in [-0.2, 0) is 14.3 Å². The number of aliphatic imine (C=N–C) groups is 1. The van der Waals surface area contributed by atoms with Crippen molar-refractivity contribution in [1.29, 1.82) is 0 Å². The van der Waals surface area contributed by atoms with Crippen LogP contribution in [0, 0.1) is 0 Å². The molecule has 1 rings (SSSR count). The molecule has 23 heavy (non-hydrogen) atoms. The van der Waals surface area contributed by atoms with Crippen molar-refractivity contribution in [3.63, 3.8) is 0 Å². The predicted molar refractivity (Wildman–Crippen MR) is 91.0 cm³/mol. The zero-order chi connectivity index (χ0) is 17.1. The summed E-state index contributed by atoms with van der Waals surface area (Å²) in [6, 6.07) is 0. The SMILES string of the molecule is C[C@H]1CCCCCCCCCCC(=O)N=C(N)N(C)CC(=O)O1. The molecule has 132 valence electrons. The van der Waals surface area contributed by atoms with E-state index in [1.807, 2.05) is 6.92 Å². The Hall–Kier alpha value is -1.59. The number of nitrogens with two attached hydrogens (primary N) is 1. The molecule has 6 nitrogen and oxygen atoms in total. The number of amides is 1. The fraction of sp³-hybridized carbons (Fsp3) is 0.824. The molecule has 2 N–H and O–H groups in total. The number of esters is 1. The number of likely N-dealkylation sites (N-methyl/N-ethyl adjacent to an activating group) is 1. The highest BCUT2D eigenvalue weighted by Crippen LogP contribution is 2.13. The average Bonchev–Trinajstić information content (AvgIpc) is 2.47. The zero-order valence-corrected chi connectivity index (χ0v) is 14.6. The maximum Gasteiger partial charge on any atom is 0.325 e. The molecule has 1 heterocycles. The maximum absolute atomic E-state index is 11.9. The van der Waals surface area contributed by atoms with Crippen molar-refractivity contribution in [2.24, 2.45) is 10.7 Å². The molecule has 1 aliphatic rings. The molecule has 0 unspecified atom stereocenters. The summed E-state index contributed by atoms with van der Waals surface area (Å²) in [5, 5.41) is 0. The molecule has 6 heteroatoms. The Morgan fingerprint density at radius 1 is 1.04 bits per heavy atom. The number of nitrogens with zero attached hydrogens (tertiary/aromatic N) is 2.